The number of anilines is 3. The zero-order valence-corrected chi connectivity index (χ0v) is 50.5. The molecule has 86 heavy (non-hydrogen) atoms. The number of carboxylic acid groups (broad SMARTS) is 1. The van der Waals surface area contributed by atoms with Crippen molar-refractivity contribution in [3.63, 3.8) is 0 Å². The molecule has 4 saturated carbocycles. The second-order valence-electron chi connectivity index (χ2n) is 24.9. The van der Waals surface area contributed by atoms with Crippen molar-refractivity contribution in [3.05, 3.63) is 119 Å². The van der Waals surface area contributed by atoms with Gasteiger partial charge < -0.3 is 46.5 Å². The van der Waals surface area contributed by atoms with Gasteiger partial charge in [0.15, 0.2) is 10.8 Å². The summed E-state index contributed by atoms with van der Waals surface area (Å²) in [6.07, 6.45) is 7.45. The summed E-state index contributed by atoms with van der Waals surface area (Å²) in [6.45, 7) is 13.5. The van der Waals surface area contributed by atoms with Gasteiger partial charge in [0.05, 0.1) is 34.4 Å². The molecule has 9 N–H and O–H groups in total. The highest BCUT2D eigenvalue weighted by molar-refractivity contribution is 7.85. The molecule has 5 atom stereocenters. The van der Waals surface area contributed by atoms with Crippen LogP contribution in [0.25, 0.3) is 21.3 Å². The number of aromatic carboxylic acids is 1. The quantitative estimate of drug-likeness (QED) is 0.0245. The molecule has 5 aliphatic rings. The Hall–Kier alpha value is -7.84. The number of hydrogen-bond acceptors (Lipinski definition) is 16. The summed E-state index contributed by atoms with van der Waals surface area (Å²) < 4.78 is 46.8. The van der Waals surface area contributed by atoms with Crippen LogP contribution in [0, 0.1) is 29.1 Å². The number of fused-ring (bicyclic) bond motifs is 2. The average molecular weight is 1220 g/mol. The van der Waals surface area contributed by atoms with E-state index in [9.17, 15) is 42.3 Å². The fourth-order valence-electron chi connectivity index (χ4n) is 14.4. The van der Waals surface area contributed by atoms with Crippen molar-refractivity contribution in [2.24, 2.45) is 27.9 Å². The number of para-hydroxylation sites is 1. The van der Waals surface area contributed by atoms with E-state index in [0.717, 1.165) is 65.6 Å². The van der Waals surface area contributed by atoms with Crippen LogP contribution in [0.15, 0.2) is 85.1 Å². The zero-order valence-electron chi connectivity index (χ0n) is 48.9. The Balaban J connectivity index is 0.716. The number of carbonyl (C=O) groups excluding carboxylic acids is 5. The molecule has 456 valence electrons. The van der Waals surface area contributed by atoms with E-state index in [-0.39, 0.29) is 47.6 Å². The standard InChI is InChI=1S/C61H73N11O12S2/c1-35(2)49(69-53(75)45(62)27-86(80,81)82)54(76)65-36(3)51(73)66-40-16-14-38(15-17-40)26-83-57(79)63-21-23-84-61-31-58(5)28-59(6,32-61)30-60(29-58,33-61)34-72-37(4)43(24-64-72)41-18-19-48(68-50(41)55(77)78)71-22-20-39-10-9-11-42(44(39)25-71)52(74)70-56-67-46-12-7-8-13-47(46)85-56/h7-19,24,35-36,45,49H,20-23,25-34,62H2,1-6H3,(H,63,79)(H,65,76)(H,66,73)(H,69,75)(H,77,78)(H,67,70,74)(H,80,81,82)/t36-,45-,49-,58?,59?,60?,61?/m0/s1. The highest BCUT2D eigenvalue weighted by Crippen LogP contribution is 2.72. The van der Waals surface area contributed by atoms with Gasteiger partial charge in [0.1, 0.15) is 30.6 Å². The first-order valence-electron chi connectivity index (χ1n) is 28.7. The number of amides is 5. The Morgan fingerprint density at radius 2 is 1.56 bits per heavy atom. The first kappa shape index (κ1) is 61.3. The number of carboxylic acids is 1. The molecular weight excluding hydrogens is 1140 g/mol. The minimum Gasteiger partial charge on any atom is -0.476 e. The van der Waals surface area contributed by atoms with E-state index < -0.39 is 75.3 Å². The van der Waals surface area contributed by atoms with Gasteiger partial charge in [-0.3, -0.25) is 33.7 Å². The predicted molar refractivity (Wildman–Crippen MR) is 323 cm³/mol. The van der Waals surface area contributed by atoms with E-state index in [2.05, 4.69) is 45.4 Å². The van der Waals surface area contributed by atoms with Gasteiger partial charge in [-0.15, -0.1) is 0 Å². The summed E-state index contributed by atoms with van der Waals surface area (Å²) in [5.74, 6) is -4.63. The van der Waals surface area contributed by atoms with Crippen molar-refractivity contribution in [1.82, 2.24) is 35.7 Å². The number of benzene rings is 3. The number of rotatable bonds is 22. The van der Waals surface area contributed by atoms with Crippen LogP contribution in [0.2, 0.25) is 0 Å². The van der Waals surface area contributed by atoms with Crippen LogP contribution < -0.4 is 37.2 Å². The van der Waals surface area contributed by atoms with Crippen LogP contribution in [0.3, 0.4) is 0 Å². The van der Waals surface area contributed by atoms with E-state index in [1.54, 1.807) is 50.4 Å². The predicted octanol–water partition coefficient (Wildman–Crippen LogP) is 7.24. The third kappa shape index (κ3) is 13.7. The molecule has 0 spiro atoms. The second-order valence-corrected chi connectivity index (χ2v) is 27.5. The van der Waals surface area contributed by atoms with Crippen molar-refractivity contribution in [2.75, 3.05) is 41.0 Å². The molecule has 3 aromatic carbocycles. The largest absolute Gasteiger partial charge is 0.476 e. The molecule has 2 unspecified atom stereocenters. The van der Waals surface area contributed by atoms with Crippen molar-refractivity contribution >= 4 is 84.0 Å². The zero-order chi connectivity index (χ0) is 61.5. The molecule has 11 rings (SSSR count). The maximum Gasteiger partial charge on any atom is 0.407 e. The van der Waals surface area contributed by atoms with Gasteiger partial charge >= 0.3 is 12.1 Å². The molecule has 5 amide bonds. The number of thiazole rings is 1. The van der Waals surface area contributed by atoms with Crippen LogP contribution in [-0.2, 0) is 60.1 Å². The summed E-state index contributed by atoms with van der Waals surface area (Å²) in [4.78, 5) is 89.6. The smallest absolute Gasteiger partial charge is 0.407 e. The summed E-state index contributed by atoms with van der Waals surface area (Å²) in [6, 6.07) is 19.9. The molecule has 3 aromatic heterocycles. The number of nitrogens with zero attached hydrogens (tertiary/aromatic N) is 5. The number of nitrogens with two attached hydrogens (primary N) is 1. The lowest BCUT2D eigenvalue weighted by Crippen LogP contribution is -2.64. The second kappa shape index (κ2) is 24.1. The number of carbonyl (C=O) groups is 6. The summed E-state index contributed by atoms with van der Waals surface area (Å²) in [5, 5.41) is 29.5. The Labute approximate surface area is 502 Å². The third-order valence-electron chi connectivity index (χ3n) is 17.1. The van der Waals surface area contributed by atoms with Gasteiger partial charge in [0.25, 0.3) is 16.0 Å². The maximum atomic E-state index is 13.7. The Bertz CT molecular complexity index is 3690. The lowest BCUT2D eigenvalue weighted by molar-refractivity contribution is -0.247. The Morgan fingerprint density at radius 1 is 0.826 bits per heavy atom. The van der Waals surface area contributed by atoms with Gasteiger partial charge in [-0.2, -0.15) is 13.5 Å². The fourth-order valence-corrected chi connectivity index (χ4v) is 15.9. The van der Waals surface area contributed by atoms with Gasteiger partial charge in [-0.25, -0.2) is 19.6 Å². The highest BCUT2D eigenvalue weighted by atomic mass is 32.2. The number of hydrogen-bond donors (Lipinski definition) is 8. The van der Waals surface area contributed by atoms with Crippen molar-refractivity contribution in [1.29, 1.82) is 0 Å². The molecule has 6 aromatic rings. The summed E-state index contributed by atoms with van der Waals surface area (Å²) in [7, 11) is -4.54. The van der Waals surface area contributed by atoms with E-state index in [4.69, 9.17) is 29.8 Å². The number of pyridine rings is 1. The molecule has 4 heterocycles. The Morgan fingerprint density at radius 3 is 2.26 bits per heavy atom. The molecule has 4 fully saturated rings. The van der Waals surface area contributed by atoms with Gasteiger partial charge in [-0.1, -0.05) is 75.4 Å². The number of alkyl carbamates (subject to hydrolysis) is 1. The molecule has 23 nitrogen and oxygen atoms in total. The van der Waals surface area contributed by atoms with Crippen molar-refractivity contribution in [2.45, 2.75) is 130 Å². The molecule has 0 radical (unpaired) electrons. The van der Waals surface area contributed by atoms with Crippen LogP contribution in [-0.4, -0.2) is 123 Å². The van der Waals surface area contributed by atoms with Gasteiger partial charge in [0, 0.05) is 54.3 Å². The first-order valence-corrected chi connectivity index (χ1v) is 31.2. The Kier molecular flexibility index (Phi) is 17.2. The third-order valence-corrected chi connectivity index (χ3v) is 18.8. The van der Waals surface area contributed by atoms with E-state index in [1.807, 2.05) is 65.0 Å². The van der Waals surface area contributed by atoms with Crippen LogP contribution in [0.5, 0.6) is 0 Å². The summed E-state index contributed by atoms with van der Waals surface area (Å²) >= 11 is 1.41. The van der Waals surface area contributed by atoms with E-state index in [1.165, 1.54) is 18.3 Å². The normalized spacial score (nSPS) is 22.4. The first-order chi connectivity index (χ1) is 40.7. The van der Waals surface area contributed by atoms with E-state index >= 15 is 0 Å². The lowest BCUT2D eigenvalue weighted by Gasteiger charge is -2.69. The monoisotopic (exact) mass is 1220 g/mol. The molecule has 25 heteroatoms. The van der Waals surface area contributed by atoms with Crippen LogP contribution in [0.1, 0.15) is 116 Å². The SMILES string of the molecule is Cc1c(-c2ccc(N3CCc4cccc(C(=O)Nc5nc6ccccc6s5)c4C3)nc2C(=O)O)cnn1CC12CC3(C)CC(C)(C1)CC(OCCNC(=O)OCc1ccc(NC(=O)[C@H](C)NC(=O)[C@@H](NC(=O)[C@@H](N)CS(=O)(=O)O)C(C)C)cc1)(C3)C2. The number of ether oxygens (including phenoxy) is 2. The molecular formula is C61H73N11O12S2. The van der Waals surface area contributed by atoms with E-state index in [0.29, 0.717) is 64.9 Å². The molecule has 4 aliphatic carbocycles. The van der Waals surface area contributed by atoms with Crippen LogP contribution in [0.4, 0.5) is 21.4 Å². The average Bonchev–Trinajstić information content (AvgIpc) is 0.705. The van der Waals surface area contributed by atoms with Crippen molar-refractivity contribution in [3.8, 4) is 11.1 Å². The fraction of sp³-hybridized carbons (Fsp3) is 0.459. The number of aromatic nitrogens is 4. The highest BCUT2D eigenvalue weighted by Gasteiger charge is 2.66. The molecule has 1 aliphatic heterocycles. The van der Waals surface area contributed by atoms with Gasteiger partial charge in [-0.05, 0) is 140 Å². The van der Waals surface area contributed by atoms with Crippen LogP contribution >= 0.6 is 11.3 Å². The molecule has 4 bridgehead atoms. The molecule has 0 saturated heterocycles. The minimum absolute atomic E-state index is 0.0184. The van der Waals surface area contributed by atoms with Crippen molar-refractivity contribution < 1.29 is 56.3 Å². The summed E-state index contributed by atoms with van der Waals surface area (Å²) in [5.41, 5.74) is 11.3. The number of nitrogens with one attached hydrogen (secondary N) is 5. The minimum atomic E-state index is -4.54. The lowest BCUT2D eigenvalue weighted by atomic mass is 9.39. The maximum absolute atomic E-state index is 13.7. The van der Waals surface area contributed by atoms with Gasteiger partial charge in [0.2, 0.25) is 17.7 Å². The topological polar surface area (TPSA) is 328 Å².